The van der Waals surface area contributed by atoms with Gasteiger partial charge in [-0.3, -0.25) is 0 Å². The first-order valence-corrected chi connectivity index (χ1v) is 6.35. The monoisotopic (exact) mass is 286 g/mol. The third-order valence-corrected chi connectivity index (χ3v) is 3.22. The molecule has 108 valence electrons. The standard InChI is InChI=1S/C12H14BF3N2O2/c14-12(15,16)9-1-2-11(17-7-9)20-10-3-5-18(6-4-10)8-13-19/h1-2,7,10H,3-6,8H2. The molecule has 1 aromatic rings. The molecule has 2 rings (SSSR count). The van der Waals surface area contributed by atoms with E-state index in [4.69, 9.17) is 4.74 Å². The molecule has 1 fully saturated rings. The van der Waals surface area contributed by atoms with Gasteiger partial charge in [0.05, 0.1) is 0 Å². The zero-order valence-corrected chi connectivity index (χ0v) is 10.8. The SMILES string of the molecule is O=BCN1CCC(Oc2ccc(C(F)(F)F)cn2)CC1. The third-order valence-electron chi connectivity index (χ3n) is 3.22. The van der Waals surface area contributed by atoms with Gasteiger partial charge >= 0.3 is 114 Å². The average Bonchev–Trinajstić information content (AvgIpc) is 2.41. The summed E-state index contributed by atoms with van der Waals surface area (Å²) in [6.07, 6.45) is -1.80. The van der Waals surface area contributed by atoms with E-state index in [0.717, 1.165) is 45.3 Å². The molecular weight excluding hydrogens is 272 g/mol. The molecular formula is C12H14BF3N2O2. The van der Waals surface area contributed by atoms with Crippen LogP contribution in [0.1, 0.15) is 18.4 Å². The first-order valence-electron chi connectivity index (χ1n) is 6.35. The number of piperidine rings is 1. The van der Waals surface area contributed by atoms with Crippen LogP contribution >= 0.6 is 0 Å². The quantitative estimate of drug-likeness (QED) is 0.793. The van der Waals surface area contributed by atoms with Gasteiger partial charge in [0.15, 0.2) is 0 Å². The Kier molecular flexibility index (Phi) is 4.75. The molecule has 1 aliphatic rings. The van der Waals surface area contributed by atoms with Crippen molar-refractivity contribution in [2.75, 3.05) is 19.5 Å². The Labute approximate surface area is 115 Å². The first kappa shape index (κ1) is 15.0. The van der Waals surface area contributed by atoms with E-state index >= 15 is 0 Å². The minimum absolute atomic E-state index is 0.0675. The van der Waals surface area contributed by atoms with Gasteiger partial charge in [0.25, 0.3) is 0 Å². The molecule has 2 heterocycles. The minimum atomic E-state index is -4.38. The summed E-state index contributed by atoms with van der Waals surface area (Å²) in [5, 5.41) is 0. The molecule has 4 nitrogen and oxygen atoms in total. The fraction of sp³-hybridized carbons (Fsp3) is 0.583. The van der Waals surface area contributed by atoms with E-state index in [0.29, 0.717) is 6.44 Å². The molecule has 0 spiro atoms. The van der Waals surface area contributed by atoms with E-state index in [-0.39, 0.29) is 12.0 Å². The summed E-state index contributed by atoms with van der Waals surface area (Å²) < 4.78 is 53.1. The fourth-order valence-corrected chi connectivity index (χ4v) is 2.10. The Hall–Kier alpha value is -1.44. The normalized spacial score (nSPS) is 17.8. The van der Waals surface area contributed by atoms with Crippen molar-refractivity contribution in [3.63, 3.8) is 0 Å². The Morgan fingerprint density at radius 2 is 2.05 bits per heavy atom. The number of nitrogens with zero attached hydrogens (tertiary/aromatic N) is 2. The summed E-state index contributed by atoms with van der Waals surface area (Å²) in [5.41, 5.74) is -0.786. The number of likely N-dealkylation sites (tertiary alicyclic amines) is 1. The van der Waals surface area contributed by atoms with E-state index in [1.807, 2.05) is 4.90 Å². The Morgan fingerprint density at radius 3 is 2.55 bits per heavy atom. The summed E-state index contributed by atoms with van der Waals surface area (Å²) in [6, 6.07) is 2.20. The van der Waals surface area contributed by atoms with E-state index in [2.05, 4.69) is 4.98 Å². The van der Waals surface area contributed by atoms with Crippen molar-refractivity contribution in [1.29, 1.82) is 0 Å². The first-order chi connectivity index (χ1) is 9.49. The summed E-state index contributed by atoms with van der Waals surface area (Å²) >= 11 is 0. The van der Waals surface area contributed by atoms with Crippen LogP contribution in [-0.2, 0) is 10.9 Å². The molecule has 1 aliphatic heterocycles. The van der Waals surface area contributed by atoms with E-state index < -0.39 is 11.7 Å². The van der Waals surface area contributed by atoms with E-state index in [9.17, 15) is 17.9 Å². The molecule has 0 radical (unpaired) electrons. The van der Waals surface area contributed by atoms with Gasteiger partial charge in [-0.2, -0.15) is 0 Å². The Balaban J connectivity index is 1.87. The molecule has 1 aromatic heterocycles. The summed E-state index contributed by atoms with van der Waals surface area (Å²) in [4.78, 5) is 5.69. The van der Waals surface area contributed by atoms with Crippen LogP contribution in [0, 0.1) is 0 Å². The molecule has 0 unspecified atom stereocenters. The van der Waals surface area contributed by atoms with Crippen LogP contribution in [0.5, 0.6) is 5.88 Å². The number of alkyl halides is 3. The molecule has 1 saturated heterocycles. The summed E-state index contributed by atoms with van der Waals surface area (Å²) in [7, 11) is 0.860. The average molecular weight is 286 g/mol. The van der Waals surface area contributed by atoms with Gasteiger partial charge in [-0.15, -0.1) is 0 Å². The van der Waals surface area contributed by atoms with Crippen molar-refractivity contribution in [2.24, 2.45) is 0 Å². The zero-order chi connectivity index (χ0) is 14.6. The van der Waals surface area contributed by atoms with Crippen LogP contribution in [0.3, 0.4) is 0 Å². The van der Waals surface area contributed by atoms with Gasteiger partial charge in [0.2, 0.25) is 0 Å². The van der Waals surface area contributed by atoms with Gasteiger partial charge in [0.1, 0.15) is 0 Å². The van der Waals surface area contributed by atoms with Crippen molar-refractivity contribution in [1.82, 2.24) is 9.88 Å². The van der Waals surface area contributed by atoms with E-state index in [1.165, 1.54) is 6.07 Å². The number of ether oxygens (including phenoxy) is 1. The van der Waals surface area contributed by atoms with Crippen molar-refractivity contribution in [2.45, 2.75) is 25.1 Å². The van der Waals surface area contributed by atoms with Crippen LogP contribution in [0.2, 0.25) is 0 Å². The van der Waals surface area contributed by atoms with Gasteiger partial charge in [-0.05, 0) is 0 Å². The molecule has 0 atom stereocenters. The van der Waals surface area contributed by atoms with Crippen LogP contribution in [0.4, 0.5) is 13.2 Å². The predicted octanol–water partition coefficient (Wildman–Crippen LogP) is 1.95. The molecule has 20 heavy (non-hydrogen) atoms. The molecule has 8 heteroatoms. The molecule has 0 aromatic carbocycles. The Morgan fingerprint density at radius 1 is 1.35 bits per heavy atom. The molecule has 0 bridgehead atoms. The number of rotatable bonds is 4. The van der Waals surface area contributed by atoms with Crippen molar-refractivity contribution >= 4 is 7.15 Å². The van der Waals surface area contributed by atoms with Gasteiger partial charge < -0.3 is 0 Å². The summed E-state index contributed by atoms with van der Waals surface area (Å²) in [5.74, 6) is 0.201. The Bertz CT molecular complexity index is 445. The summed E-state index contributed by atoms with van der Waals surface area (Å²) in [6.45, 7) is 1.48. The van der Waals surface area contributed by atoms with Crippen molar-refractivity contribution in [3.8, 4) is 5.88 Å². The van der Waals surface area contributed by atoms with Crippen LogP contribution in [-0.4, -0.2) is 42.7 Å². The molecule has 0 amide bonds. The van der Waals surface area contributed by atoms with Crippen LogP contribution in [0.15, 0.2) is 18.3 Å². The number of hydrogen-bond donors (Lipinski definition) is 0. The van der Waals surface area contributed by atoms with Gasteiger partial charge in [-0.25, -0.2) is 0 Å². The maximum atomic E-state index is 12.4. The van der Waals surface area contributed by atoms with Crippen LogP contribution < -0.4 is 4.74 Å². The molecule has 0 saturated carbocycles. The van der Waals surface area contributed by atoms with Crippen molar-refractivity contribution in [3.05, 3.63) is 23.9 Å². The predicted molar refractivity (Wildman–Crippen MR) is 65.8 cm³/mol. The number of aromatic nitrogens is 1. The fourth-order valence-electron chi connectivity index (χ4n) is 2.10. The number of halogens is 3. The van der Waals surface area contributed by atoms with Gasteiger partial charge in [0, 0.05) is 0 Å². The molecule has 0 aliphatic carbocycles. The number of hydrogen-bond acceptors (Lipinski definition) is 4. The second-order valence-corrected chi connectivity index (χ2v) is 4.67. The topological polar surface area (TPSA) is 42.4 Å². The third kappa shape index (κ3) is 4.03. The maximum absolute atomic E-state index is 12.4. The van der Waals surface area contributed by atoms with E-state index in [1.54, 1.807) is 0 Å². The number of pyridine rings is 1. The second kappa shape index (κ2) is 6.34. The van der Waals surface area contributed by atoms with Gasteiger partial charge in [-0.1, -0.05) is 0 Å². The molecule has 0 N–H and O–H groups in total. The second-order valence-electron chi connectivity index (χ2n) is 4.67. The zero-order valence-electron chi connectivity index (χ0n) is 10.8. The van der Waals surface area contributed by atoms with Crippen LogP contribution in [0.25, 0.3) is 0 Å². The van der Waals surface area contributed by atoms with Crippen molar-refractivity contribution < 1.29 is 22.6 Å².